The minimum absolute atomic E-state index is 0.185. The minimum Gasteiger partial charge on any atom is -0.478 e. The lowest BCUT2D eigenvalue weighted by Crippen LogP contribution is -2.14. The molecule has 4 nitrogen and oxygen atoms in total. The third kappa shape index (κ3) is 1.88. The number of hydrogen-bond donors (Lipinski definition) is 2. The van der Waals surface area contributed by atoms with Crippen molar-refractivity contribution in [1.82, 2.24) is 0 Å². The Labute approximate surface area is 86.8 Å². The molecular weight excluding hydrogens is 192 g/mol. The number of aliphatic imine (C=N–C) groups is 1. The topological polar surface area (TPSA) is 75.7 Å². The third-order valence-corrected chi connectivity index (χ3v) is 2.18. The fourth-order valence-corrected chi connectivity index (χ4v) is 1.48. The highest BCUT2D eigenvalue weighted by molar-refractivity contribution is 6.02. The van der Waals surface area contributed by atoms with Crippen LogP contribution in [-0.2, 0) is 4.79 Å². The highest BCUT2D eigenvalue weighted by Crippen LogP contribution is 2.25. The fourth-order valence-electron chi connectivity index (χ4n) is 1.48. The van der Waals surface area contributed by atoms with E-state index in [1.807, 2.05) is 24.3 Å². The molecular formula is C11H10N2O2. The van der Waals surface area contributed by atoms with Gasteiger partial charge in [0.2, 0.25) is 0 Å². The van der Waals surface area contributed by atoms with Gasteiger partial charge in [-0.15, -0.1) is 0 Å². The van der Waals surface area contributed by atoms with Crippen LogP contribution >= 0.6 is 0 Å². The molecule has 76 valence electrons. The van der Waals surface area contributed by atoms with E-state index in [9.17, 15) is 4.79 Å². The Morgan fingerprint density at radius 1 is 1.40 bits per heavy atom. The van der Waals surface area contributed by atoms with Crippen molar-refractivity contribution in [1.29, 1.82) is 0 Å². The number of rotatable bonds is 1. The summed E-state index contributed by atoms with van der Waals surface area (Å²) in [5.41, 5.74) is 7.39. The van der Waals surface area contributed by atoms with Gasteiger partial charge in [0.15, 0.2) is 0 Å². The molecule has 0 amide bonds. The Kier molecular flexibility index (Phi) is 2.25. The van der Waals surface area contributed by atoms with Crippen LogP contribution in [0.1, 0.15) is 12.0 Å². The molecule has 4 heteroatoms. The smallest absolute Gasteiger partial charge is 0.332 e. The molecule has 2 rings (SSSR count). The first-order valence-electron chi connectivity index (χ1n) is 4.53. The largest absolute Gasteiger partial charge is 0.478 e. The average molecular weight is 202 g/mol. The van der Waals surface area contributed by atoms with Crippen molar-refractivity contribution in [3.05, 3.63) is 35.4 Å². The van der Waals surface area contributed by atoms with E-state index in [0.717, 1.165) is 5.56 Å². The second kappa shape index (κ2) is 3.57. The summed E-state index contributed by atoms with van der Waals surface area (Å²) in [6, 6.07) is 7.31. The Morgan fingerprint density at radius 2 is 2.13 bits per heavy atom. The van der Waals surface area contributed by atoms with Crippen LogP contribution in [0.2, 0.25) is 0 Å². The van der Waals surface area contributed by atoms with Crippen LogP contribution in [0.4, 0.5) is 5.69 Å². The van der Waals surface area contributed by atoms with Gasteiger partial charge in [0.05, 0.1) is 5.69 Å². The number of para-hydroxylation sites is 1. The molecule has 0 unspecified atom stereocenters. The van der Waals surface area contributed by atoms with Crippen LogP contribution in [0.15, 0.2) is 34.8 Å². The lowest BCUT2D eigenvalue weighted by molar-refractivity contribution is -0.132. The zero-order valence-corrected chi connectivity index (χ0v) is 7.97. The Bertz CT molecular complexity index is 475. The summed E-state index contributed by atoms with van der Waals surface area (Å²) in [6.45, 7) is 0. The number of hydrogen-bond acceptors (Lipinski definition) is 3. The number of carboxylic acids is 1. The van der Waals surface area contributed by atoms with Gasteiger partial charge in [0.1, 0.15) is 5.84 Å². The van der Waals surface area contributed by atoms with Crippen LogP contribution in [0, 0.1) is 0 Å². The first kappa shape index (κ1) is 9.45. The molecule has 1 aromatic carbocycles. The molecule has 15 heavy (non-hydrogen) atoms. The highest BCUT2D eigenvalue weighted by Gasteiger charge is 2.14. The highest BCUT2D eigenvalue weighted by atomic mass is 16.4. The predicted octanol–water partition coefficient (Wildman–Crippen LogP) is 1.55. The Balaban J connectivity index is 2.58. The molecule has 1 heterocycles. The van der Waals surface area contributed by atoms with Gasteiger partial charge >= 0.3 is 5.97 Å². The summed E-state index contributed by atoms with van der Waals surface area (Å²) in [5.74, 6) is -0.626. The van der Waals surface area contributed by atoms with Crippen LogP contribution in [-0.4, -0.2) is 16.9 Å². The molecule has 0 atom stereocenters. The standard InChI is InChI=1S/C11H10N2O2/c12-10-6-8(11(14)15)5-7-3-1-2-4-9(7)13-10/h1-5H,6H2,(H2,12,13)(H,14,15). The maximum Gasteiger partial charge on any atom is 0.332 e. The van der Waals surface area contributed by atoms with E-state index in [4.69, 9.17) is 10.8 Å². The molecule has 3 N–H and O–H groups in total. The fraction of sp³-hybridized carbons (Fsp3) is 0.0909. The first-order valence-corrected chi connectivity index (χ1v) is 4.53. The van der Waals surface area contributed by atoms with Crippen LogP contribution in [0.25, 0.3) is 6.08 Å². The molecule has 1 aliphatic rings. The first-order chi connectivity index (χ1) is 7.16. The van der Waals surface area contributed by atoms with E-state index in [1.165, 1.54) is 0 Å². The molecule has 0 fully saturated rings. The van der Waals surface area contributed by atoms with Crippen molar-refractivity contribution < 1.29 is 9.90 Å². The number of carboxylic acid groups (broad SMARTS) is 1. The van der Waals surface area contributed by atoms with Crippen molar-refractivity contribution in [2.75, 3.05) is 0 Å². The summed E-state index contributed by atoms with van der Waals surface area (Å²) in [7, 11) is 0. The van der Waals surface area contributed by atoms with E-state index in [-0.39, 0.29) is 12.0 Å². The Morgan fingerprint density at radius 3 is 2.87 bits per heavy atom. The number of nitrogens with two attached hydrogens (primary N) is 1. The summed E-state index contributed by atoms with van der Waals surface area (Å²) in [6.07, 6.45) is 1.80. The Hall–Kier alpha value is -2.10. The molecule has 0 aliphatic carbocycles. The minimum atomic E-state index is -0.954. The molecule has 0 spiro atoms. The zero-order chi connectivity index (χ0) is 10.8. The van der Waals surface area contributed by atoms with Crippen LogP contribution in [0.5, 0.6) is 0 Å². The average Bonchev–Trinajstić information content (AvgIpc) is 2.35. The monoisotopic (exact) mass is 202 g/mol. The summed E-state index contributed by atoms with van der Waals surface area (Å²) in [5, 5.41) is 8.93. The van der Waals surface area contributed by atoms with Crippen molar-refractivity contribution in [3.8, 4) is 0 Å². The van der Waals surface area contributed by atoms with Gasteiger partial charge in [-0.1, -0.05) is 18.2 Å². The number of aliphatic carboxylic acids is 1. The molecule has 0 radical (unpaired) electrons. The SMILES string of the molecule is NC1=Nc2ccccc2C=C(C(=O)O)C1. The summed E-state index contributed by atoms with van der Waals surface area (Å²) in [4.78, 5) is 15.0. The second-order valence-corrected chi connectivity index (χ2v) is 3.31. The van der Waals surface area contributed by atoms with Gasteiger partial charge < -0.3 is 10.8 Å². The lowest BCUT2D eigenvalue weighted by atomic mass is 10.1. The summed E-state index contributed by atoms with van der Waals surface area (Å²) < 4.78 is 0. The van der Waals surface area contributed by atoms with Gasteiger partial charge in [-0.2, -0.15) is 0 Å². The lowest BCUT2D eigenvalue weighted by Gasteiger charge is -1.97. The van der Waals surface area contributed by atoms with Gasteiger partial charge in [0, 0.05) is 17.6 Å². The maximum absolute atomic E-state index is 10.9. The van der Waals surface area contributed by atoms with E-state index >= 15 is 0 Å². The van der Waals surface area contributed by atoms with Gasteiger partial charge in [0.25, 0.3) is 0 Å². The van der Waals surface area contributed by atoms with Crippen molar-refractivity contribution in [3.63, 3.8) is 0 Å². The predicted molar refractivity (Wildman–Crippen MR) is 58.0 cm³/mol. The molecule has 0 bridgehead atoms. The second-order valence-electron chi connectivity index (χ2n) is 3.31. The maximum atomic E-state index is 10.9. The number of fused-ring (bicyclic) bond motifs is 1. The van der Waals surface area contributed by atoms with Crippen LogP contribution in [0.3, 0.4) is 0 Å². The van der Waals surface area contributed by atoms with E-state index in [1.54, 1.807) is 6.08 Å². The molecule has 0 saturated heterocycles. The summed E-state index contributed by atoms with van der Waals surface area (Å²) >= 11 is 0. The third-order valence-electron chi connectivity index (χ3n) is 2.18. The van der Waals surface area contributed by atoms with Crippen molar-refractivity contribution in [2.45, 2.75) is 6.42 Å². The van der Waals surface area contributed by atoms with Crippen molar-refractivity contribution in [2.24, 2.45) is 10.7 Å². The number of carbonyl (C=O) groups is 1. The van der Waals surface area contributed by atoms with Gasteiger partial charge in [-0.05, 0) is 12.1 Å². The van der Waals surface area contributed by atoms with Gasteiger partial charge in [-0.3, -0.25) is 0 Å². The quantitative estimate of drug-likeness (QED) is 0.725. The number of benzene rings is 1. The molecule has 0 saturated carbocycles. The molecule has 1 aromatic rings. The van der Waals surface area contributed by atoms with Gasteiger partial charge in [-0.25, -0.2) is 9.79 Å². The van der Waals surface area contributed by atoms with E-state index < -0.39 is 5.97 Å². The molecule has 1 aliphatic heterocycles. The normalized spacial score (nSPS) is 14.7. The van der Waals surface area contributed by atoms with E-state index in [0.29, 0.717) is 11.5 Å². The molecule has 0 aromatic heterocycles. The zero-order valence-electron chi connectivity index (χ0n) is 7.97. The number of nitrogens with zero attached hydrogens (tertiary/aromatic N) is 1. The van der Waals surface area contributed by atoms with Crippen molar-refractivity contribution >= 4 is 23.6 Å². The number of amidine groups is 1. The van der Waals surface area contributed by atoms with E-state index in [2.05, 4.69) is 4.99 Å². The van der Waals surface area contributed by atoms with Crippen LogP contribution < -0.4 is 5.73 Å².